The van der Waals surface area contributed by atoms with Crippen molar-refractivity contribution in [3.63, 3.8) is 0 Å². The van der Waals surface area contributed by atoms with Gasteiger partial charge in [0.15, 0.2) is 5.76 Å². The molecule has 5 heteroatoms. The molecule has 1 aromatic carbocycles. The van der Waals surface area contributed by atoms with Crippen LogP contribution in [0.4, 0.5) is 0 Å². The van der Waals surface area contributed by atoms with Crippen LogP contribution in [0.2, 0.25) is 5.02 Å². The number of carbonyl (C=O) groups excluding carboxylic acids is 1. The smallest absolute Gasteiger partial charge is 0.290 e. The topological polar surface area (TPSA) is 46.6 Å². The first-order valence-electron chi connectivity index (χ1n) is 7.90. The van der Waals surface area contributed by atoms with Crippen LogP contribution in [0.25, 0.3) is 11.3 Å². The second-order valence-corrected chi connectivity index (χ2v) is 6.35. The minimum absolute atomic E-state index is 0.103. The van der Waals surface area contributed by atoms with E-state index in [0.29, 0.717) is 23.1 Å². The molecule has 2 aromatic heterocycles. The molecule has 0 spiro atoms. The number of benzene rings is 1. The van der Waals surface area contributed by atoms with Gasteiger partial charge in [0.1, 0.15) is 11.5 Å². The number of amides is 1. The molecule has 24 heavy (non-hydrogen) atoms. The molecule has 0 aliphatic heterocycles. The Morgan fingerprint density at radius 3 is 2.58 bits per heavy atom. The predicted octanol–water partition coefficient (Wildman–Crippen LogP) is 5.00. The summed E-state index contributed by atoms with van der Waals surface area (Å²) in [6.45, 7) is 0.466. The minimum Gasteiger partial charge on any atom is -0.467 e. The zero-order valence-electron chi connectivity index (χ0n) is 12.9. The first-order chi connectivity index (χ1) is 11.7. The van der Waals surface area contributed by atoms with Gasteiger partial charge in [0, 0.05) is 16.6 Å². The van der Waals surface area contributed by atoms with E-state index in [0.717, 1.165) is 24.2 Å². The molecule has 0 bridgehead atoms. The molecule has 0 radical (unpaired) electrons. The number of halogens is 1. The third-order valence-electron chi connectivity index (χ3n) is 4.10. The second kappa shape index (κ2) is 6.21. The van der Waals surface area contributed by atoms with Gasteiger partial charge in [-0.3, -0.25) is 4.79 Å². The fourth-order valence-corrected chi connectivity index (χ4v) is 2.81. The van der Waals surface area contributed by atoms with Gasteiger partial charge in [0.25, 0.3) is 5.91 Å². The van der Waals surface area contributed by atoms with E-state index < -0.39 is 0 Å². The van der Waals surface area contributed by atoms with E-state index in [-0.39, 0.29) is 11.9 Å². The Hall–Kier alpha value is -2.46. The molecule has 1 aliphatic rings. The van der Waals surface area contributed by atoms with Crippen molar-refractivity contribution in [3.8, 4) is 11.3 Å². The monoisotopic (exact) mass is 341 g/mol. The Kier molecular flexibility index (Phi) is 3.90. The number of furan rings is 2. The Morgan fingerprint density at radius 1 is 1.12 bits per heavy atom. The Bertz CT molecular complexity index is 832. The highest BCUT2D eigenvalue weighted by atomic mass is 35.5. The van der Waals surface area contributed by atoms with Crippen molar-refractivity contribution in [3.05, 3.63) is 71.3 Å². The van der Waals surface area contributed by atoms with Crippen LogP contribution in [0.5, 0.6) is 0 Å². The molecule has 0 saturated heterocycles. The molecule has 0 N–H and O–H groups in total. The van der Waals surface area contributed by atoms with Gasteiger partial charge in [-0.05, 0) is 61.4 Å². The van der Waals surface area contributed by atoms with Crippen LogP contribution in [0, 0.1) is 0 Å². The van der Waals surface area contributed by atoms with Gasteiger partial charge < -0.3 is 13.7 Å². The number of nitrogens with zero attached hydrogens (tertiary/aromatic N) is 1. The van der Waals surface area contributed by atoms with Crippen LogP contribution in [-0.4, -0.2) is 16.8 Å². The highest BCUT2D eigenvalue weighted by molar-refractivity contribution is 6.30. The molecule has 122 valence electrons. The minimum atomic E-state index is -0.103. The molecule has 3 aromatic rings. The quantitative estimate of drug-likeness (QED) is 0.656. The molecule has 4 nitrogen and oxygen atoms in total. The van der Waals surface area contributed by atoms with Crippen LogP contribution in [0.1, 0.15) is 29.2 Å². The van der Waals surface area contributed by atoms with E-state index in [1.807, 2.05) is 35.2 Å². The molecular weight excluding hydrogens is 326 g/mol. The summed E-state index contributed by atoms with van der Waals surface area (Å²) in [6, 6.07) is 14.9. The standard InChI is InChI=1S/C19H16ClNO3/c20-14-5-3-13(4-6-14)17-9-10-18(24-17)19(22)21(15-7-8-15)12-16-2-1-11-23-16/h1-6,9-11,15H,7-8,12H2. The van der Waals surface area contributed by atoms with Gasteiger partial charge in [-0.15, -0.1) is 0 Å². The van der Waals surface area contributed by atoms with Crippen LogP contribution >= 0.6 is 11.6 Å². The summed E-state index contributed by atoms with van der Waals surface area (Å²) in [5.41, 5.74) is 0.891. The summed E-state index contributed by atoms with van der Waals surface area (Å²) in [5.74, 6) is 1.68. The van der Waals surface area contributed by atoms with Crippen molar-refractivity contribution in [2.45, 2.75) is 25.4 Å². The van der Waals surface area contributed by atoms with E-state index >= 15 is 0 Å². The number of hydrogen-bond donors (Lipinski definition) is 0. The first-order valence-corrected chi connectivity index (χ1v) is 8.27. The zero-order valence-corrected chi connectivity index (χ0v) is 13.7. The lowest BCUT2D eigenvalue weighted by atomic mass is 10.2. The van der Waals surface area contributed by atoms with Gasteiger partial charge in [-0.2, -0.15) is 0 Å². The van der Waals surface area contributed by atoms with E-state index in [1.54, 1.807) is 24.5 Å². The molecular formula is C19H16ClNO3. The molecule has 0 atom stereocenters. The molecule has 4 rings (SSSR count). The summed E-state index contributed by atoms with van der Waals surface area (Å²) in [4.78, 5) is 14.6. The van der Waals surface area contributed by atoms with Crippen molar-refractivity contribution in [2.24, 2.45) is 0 Å². The van der Waals surface area contributed by atoms with Gasteiger partial charge in [0.05, 0.1) is 12.8 Å². The summed E-state index contributed by atoms with van der Waals surface area (Å²) in [5, 5.41) is 0.667. The van der Waals surface area contributed by atoms with Gasteiger partial charge in [-0.25, -0.2) is 0 Å². The molecule has 1 aliphatic carbocycles. The largest absolute Gasteiger partial charge is 0.467 e. The molecule has 0 unspecified atom stereocenters. The van der Waals surface area contributed by atoms with Gasteiger partial charge in [-0.1, -0.05) is 11.6 Å². The van der Waals surface area contributed by atoms with Gasteiger partial charge >= 0.3 is 0 Å². The van der Waals surface area contributed by atoms with Crippen molar-refractivity contribution in [1.82, 2.24) is 4.90 Å². The zero-order chi connectivity index (χ0) is 16.5. The Labute approximate surface area is 144 Å². The first kappa shape index (κ1) is 15.1. The van der Waals surface area contributed by atoms with Crippen LogP contribution < -0.4 is 0 Å². The SMILES string of the molecule is O=C(c1ccc(-c2ccc(Cl)cc2)o1)N(Cc1ccco1)C1CC1. The van der Waals surface area contributed by atoms with Crippen molar-refractivity contribution in [2.75, 3.05) is 0 Å². The second-order valence-electron chi connectivity index (χ2n) is 5.91. The van der Waals surface area contributed by atoms with Crippen molar-refractivity contribution >= 4 is 17.5 Å². The maximum Gasteiger partial charge on any atom is 0.290 e. The maximum atomic E-state index is 12.8. The Balaban J connectivity index is 1.56. The van der Waals surface area contributed by atoms with E-state index in [2.05, 4.69) is 0 Å². The highest BCUT2D eigenvalue weighted by Gasteiger charge is 2.34. The summed E-state index contributed by atoms with van der Waals surface area (Å²) < 4.78 is 11.2. The molecule has 1 fully saturated rings. The molecule has 1 saturated carbocycles. The summed E-state index contributed by atoms with van der Waals surface area (Å²) in [6.07, 6.45) is 3.67. The fourth-order valence-electron chi connectivity index (χ4n) is 2.69. The average Bonchev–Trinajstić information content (AvgIpc) is 3.10. The maximum absolute atomic E-state index is 12.8. The molecule has 1 amide bonds. The van der Waals surface area contributed by atoms with E-state index in [9.17, 15) is 4.79 Å². The predicted molar refractivity (Wildman–Crippen MR) is 90.8 cm³/mol. The number of carbonyl (C=O) groups is 1. The van der Waals surface area contributed by atoms with Gasteiger partial charge in [0.2, 0.25) is 0 Å². The number of rotatable bonds is 5. The van der Waals surface area contributed by atoms with Crippen LogP contribution in [0.3, 0.4) is 0 Å². The van der Waals surface area contributed by atoms with Crippen LogP contribution in [0.15, 0.2) is 63.6 Å². The van der Waals surface area contributed by atoms with Crippen LogP contribution in [-0.2, 0) is 6.54 Å². The van der Waals surface area contributed by atoms with E-state index in [1.165, 1.54) is 0 Å². The Morgan fingerprint density at radius 2 is 1.92 bits per heavy atom. The molecule has 2 heterocycles. The van der Waals surface area contributed by atoms with Crippen molar-refractivity contribution in [1.29, 1.82) is 0 Å². The fraction of sp³-hybridized carbons (Fsp3) is 0.211. The third kappa shape index (κ3) is 3.10. The highest BCUT2D eigenvalue weighted by Crippen LogP contribution is 2.31. The lowest BCUT2D eigenvalue weighted by Crippen LogP contribution is -2.32. The van der Waals surface area contributed by atoms with Crippen molar-refractivity contribution < 1.29 is 13.6 Å². The average molecular weight is 342 g/mol. The van der Waals surface area contributed by atoms with E-state index in [4.69, 9.17) is 20.4 Å². The lowest BCUT2D eigenvalue weighted by Gasteiger charge is -2.19. The lowest BCUT2D eigenvalue weighted by molar-refractivity contribution is 0.0686. The normalized spacial score (nSPS) is 13.9. The number of hydrogen-bond acceptors (Lipinski definition) is 3. The summed E-state index contributed by atoms with van der Waals surface area (Å²) >= 11 is 5.91. The third-order valence-corrected chi connectivity index (χ3v) is 4.35. The summed E-state index contributed by atoms with van der Waals surface area (Å²) in [7, 11) is 0.